The third kappa shape index (κ3) is 3.29. The van der Waals surface area contributed by atoms with Crippen molar-refractivity contribution in [1.82, 2.24) is 15.3 Å². The fourth-order valence-corrected chi connectivity index (χ4v) is 3.69. The first-order chi connectivity index (χ1) is 13.6. The highest BCUT2D eigenvalue weighted by Gasteiger charge is 2.21. The largest absolute Gasteiger partial charge is 0.497 e. The van der Waals surface area contributed by atoms with Crippen LogP contribution < -0.4 is 25.2 Å². The summed E-state index contributed by atoms with van der Waals surface area (Å²) >= 11 is 0. The van der Waals surface area contributed by atoms with Crippen LogP contribution in [0.4, 0.5) is 5.69 Å². The average Bonchev–Trinajstić information content (AvgIpc) is 3.22. The normalized spacial score (nSPS) is 16.5. The highest BCUT2D eigenvalue weighted by molar-refractivity contribution is 5.87. The van der Waals surface area contributed by atoms with Crippen LogP contribution in [-0.2, 0) is 0 Å². The van der Waals surface area contributed by atoms with Crippen LogP contribution in [0, 0.1) is 0 Å². The van der Waals surface area contributed by atoms with Crippen LogP contribution in [0.15, 0.2) is 41.2 Å². The van der Waals surface area contributed by atoms with Gasteiger partial charge in [0, 0.05) is 42.5 Å². The maximum atomic E-state index is 12.7. The Kier molecular flexibility index (Phi) is 4.92. The Morgan fingerprint density at radius 2 is 1.96 bits per heavy atom. The Hall–Kier alpha value is -3.06. The van der Waals surface area contributed by atoms with Crippen LogP contribution >= 0.6 is 0 Å². The lowest BCUT2D eigenvalue weighted by Crippen LogP contribution is -2.29. The van der Waals surface area contributed by atoms with Crippen molar-refractivity contribution in [3.63, 3.8) is 0 Å². The number of hydrogen-bond acceptors (Lipinski definition) is 6. The van der Waals surface area contributed by atoms with E-state index >= 15 is 0 Å². The topological polar surface area (TPSA) is 79.5 Å². The van der Waals surface area contributed by atoms with Gasteiger partial charge in [0.25, 0.3) is 5.56 Å². The molecule has 2 heterocycles. The van der Waals surface area contributed by atoms with Crippen molar-refractivity contribution in [2.75, 3.05) is 39.3 Å². The summed E-state index contributed by atoms with van der Waals surface area (Å²) in [5, 5.41) is 3.75. The minimum atomic E-state index is -0.236. The lowest BCUT2D eigenvalue weighted by molar-refractivity contribution is 0.397. The maximum absolute atomic E-state index is 12.7. The van der Waals surface area contributed by atoms with Gasteiger partial charge in [-0.3, -0.25) is 4.79 Å². The van der Waals surface area contributed by atoms with Crippen LogP contribution in [0.2, 0.25) is 0 Å². The molecule has 1 atom stereocenters. The molecule has 1 aliphatic heterocycles. The predicted octanol–water partition coefficient (Wildman–Crippen LogP) is 2.41. The van der Waals surface area contributed by atoms with Crippen LogP contribution in [0.5, 0.6) is 11.5 Å². The first kappa shape index (κ1) is 18.3. The maximum Gasteiger partial charge on any atom is 0.262 e. The van der Waals surface area contributed by atoms with Crippen molar-refractivity contribution in [2.24, 2.45) is 0 Å². The number of likely N-dealkylation sites (N-methyl/N-ethyl adjacent to an activating group) is 1. The monoisotopic (exact) mass is 380 g/mol. The third-order valence-corrected chi connectivity index (χ3v) is 5.30. The molecule has 0 bridgehead atoms. The SMILES string of the molecule is CNC1CCN(c2ccc(-c3nc4cc(OC)cc(OC)c4c(=O)[nH]3)cc2)C1. The summed E-state index contributed by atoms with van der Waals surface area (Å²) < 4.78 is 10.6. The van der Waals surface area contributed by atoms with Crippen LogP contribution in [0.3, 0.4) is 0 Å². The van der Waals surface area contributed by atoms with Crippen LogP contribution in [0.1, 0.15) is 6.42 Å². The quantitative estimate of drug-likeness (QED) is 0.708. The molecule has 0 aliphatic carbocycles. The Bertz CT molecular complexity index is 1050. The molecule has 2 aromatic carbocycles. The molecule has 3 aromatic rings. The molecular formula is C21H24N4O3. The van der Waals surface area contributed by atoms with Gasteiger partial charge in [-0.2, -0.15) is 0 Å². The number of fused-ring (bicyclic) bond motifs is 1. The number of anilines is 1. The van der Waals surface area contributed by atoms with Gasteiger partial charge in [-0.05, 0) is 37.7 Å². The number of nitrogens with one attached hydrogen (secondary N) is 2. The second kappa shape index (κ2) is 7.52. The molecule has 1 aromatic heterocycles. The summed E-state index contributed by atoms with van der Waals surface area (Å²) in [5.74, 6) is 1.56. The zero-order chi connectivity index (χ0) is 19.7. The van der Waals surface area contributed by atoms with E-state index in [9.17, 15) is 4.79 Å². The van der Waals surface area contributed by atoms with E-state index in [0.717, 1.165) is 25.1 Å². The Labute approximate surface area is 163 Å². The molecule has 1 unspecified atom stereocenters. The van der Waals surface area contributed by atoms with Gasteiger partial charge in [0.1, 0.15) is 22.7 Å². The number of methoxy groups -OCH3 is 2. The third-order valence-electron chi connectivity index (χ3n) is 5.30. The highest BCUT2D eigenvalue weighted by Crippen LogP contribution is 2.29. The van der Waals surface area contributed by atoms with Gasteiger partial charge in [-0.1, -0.05) is 0 Å². The van der Waals surface area contributed by atoms with E-state index in [1.165, 1.54) is 12.8 Å². The number of rotatable bonds is 5. The number of H-pyrrole nitrogens is 1. The molecule has 0 amide bonds. The standard InChI is InChI=1S/C21H24N4O3/c1-22-14-8-9-25(12-14)15-6-4-13(5-7-15)20-23-17-10-16(27-2)11-18(28-3)19(17)21(26)24-20/h4-7,10-11,14,22H,8-9,12H2,1-3H3,(H,23,24,26). The van der Waals surface area contributed by atoms with Crippen LogP contribution in [-0.4, -0.2) is 50.4 Å². The van der Waals surface area contributed by atoms with E-state index in [1.807, 2.05) is 19.2 Å². The van der Waals surface area contributed by atoms with E-state index < -0.39 is 0 Å². The number of aromatic amines is 1. The molecule has 146 valence electrons. The number of nitrogens with zero attached hydrogens (tertiary/aromatic N) is 2. The lowest BCUT2D eigenvalue weighted by Gasteiger charge is -2.19. The number of hydrogen-bond donors (Lipinski definition) is 2. The first-order valence-electron chi connectivity index (χ1n) is 9.31. The van der Waals surface area contributed by atoms with E-state index in [2.05, 4.69) is 32.3 Å². The molecule has 7 nitrogen and oxygen atoms in total. The summed E-state index contributed by atoms with van der Waals surface area (Å²) in [6.07, 6.45) is 1.14. The molecule has 1 aliphatic rings. The van der Waals surface area contributed by atoms with Crippen molar-refractivity contribution in [2.45, 2.75) is 12.5 Å². The zero-order valence-electron chi connectivity index (χ0n) is 16.3. The number of benzene rings is 2. The molecule has 1 saturated heterocycles. The fraction of sp³-hybridized carbons (Fsp3) is 0.333. The van der Waals surface area contributed by atoms with Crippen molar-refractivity contribution < 1.29 is 9.47 Å². The van der Waals surface area contributed by atoms with Gasteiger partial charge in [0.15, 0.2) is 0 Å². The summed E-state index contributed by atoms with van der Waals surface area (Å²) in [6, 6.07) is 12.1. The summed E-state index contributed by atoms with van der Waals surface area (Å²) in [5.41, 5.74) is 2.33. The average molecular weight is 380 g/mol. The van der Waals surface area contributed by atoms with Crippen molar-refractivity contribution >= 4 is 16.6 Å². The summed E-state index contributed by atoms with van der Waals surface area (Å²) in [4.78, 5) is 22.5. The van der Waals surface area contributed by atoms with Gasteiger partial charge < -0.3 is 24.7 Å². The minimum Gasteiger partial charge on any atom is -0.497 e. The molecule has 0 spiro atoms. The minimum absolute atomic E-state index is 0.236. The molecule has 1 fully saturated rings. The smallest absolute Gasteiger partial charge is 0.262 e. The molecule has 7 heteroatoms. The molecular weight excluding hydrogens is 356 g/mol. The lowest BCUT2D eigenvalue weighted by atomic mass is 10.1. The molecule has 0 saturated carbocycles. The van der Waals surface area contributed by atoms with Crippen molar-refractivity contribution in [1.29, 1.82) is 0 Å². The second-order valence-corrected chi connectivity index (χ2v) is 6.91. The van der Waals surface area contributed by atoms with E-state index in [4.69, 9.17) is 9.47 Å². The van der Waals surface area contributed by atoms with E-state index in [-0.39, 0.29) is 5.56 Å². The summed E-state index contributed by atoms with van der Waals surface area (Å²) in [6.45, 7) is 2.04. The van der Waals surface area contributed by atoms with Gasteiger partial charge in [0.2, 0.25) is 0 Å². The Morgan fingerprint density at radius 1 is 1.18 bits per heavy atom. The van der Waals surface area contributed by atoms with Gasteiger partial charge in [-0.25, -0.2) is 4.98 Å². The first-order valence-corrected chi connectivity index (χ1v) is 9.31. The van der Waals surface area contributed by atoms with Gasteiger partial charge in [-0.15, -0.1) is 0 Å². The van der Waals surface area contributed by atoms with E-state index in [0.29, 0.717) is 34.3 Å². The molecule has 2 N–H and O–H groups in total. The number of aromatic nitrogens is 2. The second-order valence-electron chi connectivity index (χ2n) is 6.91. The molecule has 4 rings (SSSR count). The molecule has 0 radical (unpaired) electrons. The molecule has 28 heavy (non-hydrogen) atoms. The van der Waals surface area contributed by atoms with Crippen molar-refractivity contribution in [3.8, 4) is 22.9 Å². The number of ether oxygens (including phenoxy) is 2. The zero-order valence-corrected chi connectivity index (χ0v) is 16.3. The van der Waals surface area contributed by atoms with Gasteiger partial charge in [0.05, 0.1) is 19.7 Å². The fourth-order valence-electron chi connectivity index (χ4n) is 3.69. The Balaban J connectivity index is 1.70. The summed E-state index contributed by atoms with van der Waals surface area (Å²) in [7, 11) is 5.10. The highest BCUT2D eigenvalue weighted by atomic mass is 16.5. The van der Waals surface area contributed by atoms with Gasteiger partial charge >= 0.3 is 0 Å². The van der Waals surface area contributed by atoms with Crippen molar-refractivity contribution in [3.05, 3.63) is 46.8 Å². The van der Waals surface area contributed by atoms with E-state index in [1.54, 1.807) is 19.2 Å². The predicted molar refractivity (Wildman–Crippen MR) is 111 cm³/mol. The Morgan fingerprint density at radius 3 is 2.61 bits per heavy atom. The van der Waals surface area contributed by atoms with Crippen LogP contribution in [0.25, 0.3) is 22.3 Å².